The highest BCUT2D eigenvalue weighted by molar-refractivity contribution is 7.99. The molecule has 3 amide bonds. The predicted octanol–water partition coefficient (Wildman–Crippen LogP) is 15.5. The van der Waals surface area contributed by atoms with Gasteiger partial charge in [0.2, 0.25) is 0 Å². The lowest BCUT2D eigenvalue weighted by molar-refractivity contribution is -0.192. The molecule has 81 heavy (non-hydrogen) atoms. The average Bonchev–Trinajstić information content (AvgIpc) is 4.15. The Morgan fingerprint density at radius 1 is 0.593 bits per heavy atom. The molecule has 2 fully saturated rings. The van der Waals surface area contributed by atoms with Gasteiger partial charge in [0.15, 0.2) is 0 Å². The first-order valence-corrected chi connectivity index (χ1v) is 28.4. The van der Waals surface area contributed by atoms with Crippen LogP contribution in [0, 0.1) is 25.5 Å². The number of likely N-dealkylation sites (tertiary alicyclic amines) is 1. The molecule has 1 aliphatic carbocycles. The Hall–Kier alpha value is -6.99. The van der Waals surface area contributed by atoms with Crippen molar-refractivity contribution in [2.24, 2.45) is 0 Å². The molecule has 2 spiro atoms. The van der Waals surface area contributed by atoms with E-state index in [9.17, 15) is 36.3 Å². The molecule has 420 valence electrons. The molecule has 0 radical (unpaired) electrons. The zero-order chi connectivity index (χ0) is 57.6. The summed E-state index contributed by atoms with van der Waals surface area (Å²) in [6.07, 6.45) is 1.73. The van der Waals surface area contributed by atoms with E-state index in [2.05, 4.69) is 34.2 Å². The number of nitrogens with zero attached hydrogens (tertiary/aromatic N) is 5. The monoisotopic (exact) mass is 1180 g/mol. The van der Waals surface area contributed by atoms with Gasteiger partial charge in [-0.15, -0.1) is 0 Å². The minimum Gasteiger partial charge on any atom is -0.475 e. The van der Waals surface area contributed by atoms with E-state index in [1.165, 1.54) is 49.1 Å². The maximum absolute atomic E-state index is 13.9. The van der Waals surface area contributed by atoms with Gasteiger partial charge in [-0.2, -0.15) is 13.2 Å². The van der Waals surface area contributed by atoms with Crippen molar-refractivity contribution in [1.82, 2.24) is 14.9 Å². The number of aryl methyl sites for hydroxylation is 2. The lowest BCUT2D eigenvalue weighted by Gasteiger charge is -2.39. The second-order valence-corrected chi connectivity index (χ2v) is 23.4. The smallest absolute Gasteiger partial charge is 0.475 e. The Labute approximate surface area is 483 Å². The van der Waals surface area contributed by atoms with Gasteiger partial charge in [0.05, 0.1) is 0 Å². The zero-order valence-corrected chi connectivity index (χ0v) is 47.1. The van der Waals surface area contributed by atoms with Gasteiger partial charge in [-0.05, 0) is 165 Å². The number of amides is 3. The molecule has 1 N–H and O–H groups in total. The van der Waals surface area contributed by atoms with Crippen molar-refractivity contribution in [3.63, 3.8) is 0 Å². The van der Waals surface area contributed by atoms with Crippen LogP contribution in [0.5, 0.6) is 0 Å². The molecule has 2 aromatic heterocycles. The number of alkyl halides is 3. The fourth-order valence-electron chi connectivity index (χ4n) is 10.9. The van der Waals surface area contributed by atoms with Gasteiger partial charge >= 0.3 is 18.2 Å². The van der Waals surface area contributed by atoms with Crippen LogP contribution >= 0.6 is 46.7 Å². The summed E-state index contributed by atoms with van der Waals surface area (Å²) in [5, 5.41) is 7.74. The maximum atomic E-state index is 13.9. The summed E-state index contributed by atoms with van der Waals surface area (Å²) in [5.74, 6) is -3.43. The number of aliphatic carboxylic acids is 1. The van der Waals surface area contributed by atoms with E-state index in [0.29, 0.717) is 61.0 Å². The summed E-state index contributed by atoms with van der Waals surface area (Å²) in [6.45, 7) is 6.12. The second kappa shape index (κ2) is 25.0. The number of carbonyl (C=O) groups excluding carboxylic acids is 3. The summed E-state index contributed by atoms with van der Waals surface area (Å²) in [4.78, 5) is 67.2. The van der Waals surface area contributed by atoms with Gasteiger partial charge in [-0.25, -0.2) is 28.3 Å². The van der Waals surface area contributed by atoms with Crippen molar-refractivity contribution < 1.29 is 51.0 Å². The predicted molar refractivity (Wildman–Crippen MR) is 303 cm³/mol. The number of hydrogen-bond donors (Lipinski definition) is 1. The molecule has 5 aromatic carbocycles. The van der Waals surface area contributed by atoms with Crippen LogP contribution in [0.2, 0.25) is 10.3 Å². The zero-order valence-electron chi connectivity index (χ0n) is 44.0. The maximum Gasteiger partial charge on any atom is 0.490 e. The molecular weight excluding hydrogens is 1130 g/mol. The molecular formula is C61H54Cl2F5N5O6S2. The van der Waals surface area contributed by atoms with E-state index in [4.69, 9.17) is 37.8 Å². The molecule has 7 aromatic rings. The highest BCUT2D eigenvalue weighted by Crippen LogP contribution is 2.52. The normalized spacial score (nSPS) is 15.7. The van der Waals surface area contributed by atoms with Crippen LogP contribution in [0.4, 0.5) is 38.1 Å². The van der Waals surface area contributed by atoms with Crippen molar-refractivity contribution in [3.8, 4) is 0 Å². The highest BCUT2D eigenvalue weighted by atomic mass is 35.5. The Kier molecular flexibility index (Phi) is 18.1. The molecule has 20 heteroatoms. The average molecular weight is 1180 g/mol. The van der Waals surface area contributed by atoms with E-state index in [-0.39, 0.29) is 52.1 Å². The number of carboxylic acid groups (broad SMARTS) is 1. The number of anilines is 2. The number of aromatic nitrogens is 2. The largest absolute Gasteiger partial charge is 0.490 e. The third-order valence-electron chi connectivity index (χ3n) is 14.7. The number of pyridine rings is 2. The SMILES string of the molecule is Cc1cc(C(=O)N2CC3(CCCCC3)c3cc(Sc4ccc(F)cc4)ccc32)cc(Cl)n1.Cc1cc(C(=O)N2CC3(CCN(C(=O)OCc4ccccc4)CC3)c3cc(Sc4ccc(F)cc4)ccc32)cc(Cl)n1.O=C(O)C(F)(F)F. The van der Waals surface area contributed by atoms with E-state index < -0.39 is 12.1 Å². The number of carboxylic acids is 1. The van der Waals surface area contributed by atoms with Gasteiger partial charge < -0.3 is 24.5 Å². The van der Waals surface area contributed by atoms with Crippen LogP contribution in [0.15, 0.2) is 159 Å². The van der Waals surface area contributed by atoms with Crippen LogP contribution < -0.4 is 9.80 Å². The fraction of sp³-hybridized carbons (Fsp3) is 0.279. The number of hydrogen-bond acceptors (Lipinski definition) is 9. The van der Waals surface area contributed by atoms with Crippen molar-refractivity contribution in [3.05, 3.63) is 201 Å². The van der Waals surface area contributed by atoms with E-state index in [1.807, 2.05) is 66.1 Å². The summed E-state index contributed by atoms with van der Waals surface area (Å²) in [6, 6.07) is 41.9. The van der Waals surface area contributed by atoms with Gasteiger partial charge in [-0.3, -0.25) is 9.59 Å². The molecule has 5 heterocycles. The highest BCUT2D eigenvalue weighted by Gasteiger charge is 2.48. The Morgan fingerprint density at radius 3 is 1.43 bits per heavy atom. The summed E-state index contributed by atoms with van der Waals surface area (Å²) < 4.78 is 64.1. The van der Waals surface area contributed by atoms with E-state index >= 15 is 0 Å². The first-order chi connectivity index (χ1) is 38.7. The van der Waals surface area contributed by atoms with E-state index in [0.717, 1.165) is 60.6 Å². The number of carbonyl (C=O) groups is 4. The quantitative estimate of drug-likeness (QED) is 0.116. The number of rotatable bonds is 8. The van der Waals surface area contributed by atoms with Crippen molar-refractivity contribution >= 4 is 82.0 Å². The van der Waals surface area contributed by atoms with Gasteiger partial charge in [0, 0.05) is 90.5 Å². The number of ether oxygens (including phenoxy) is 1. The first kappa shape index (κ1) is 58.7. The molecule has 1 saturated carbocycles. The Bertz CT molecular complexity index is 3420. The molecule has 4 aliphatic rings. The van der Waals surface area contributed by atoms with Crippen molar-refractivity contribution in [2.75, 3.05) is 36.0 Å². The van der Waals surface area contributed by atoms with Crippen LogP contribution in [-0.4, -0.2) is 76.2 Å². The van der Waals surface area contributed by atoms with Crippen LogP contribution in [-0.2, 0) is 27.0 Å². The van der Waals surface area contributed by atoms with Gasteiger partial charge in [0.1, 0.15) is 28.5 Å². The van der Waals surface area contributed by atoms with Crippen LogP contribution in [0.3, 0.4) is 0 Å². The number of fused-ring (bicyclic) bond motifs is 4. The van der Waals surface area contributed by atoms with Crippen molar-refractivity contribution in [1.29, 1.82) is 0 Å². The number of piperidine rings is 1. The minimum absolute atomic E-state index is 0.00548. The molecule has 0 atom stereocenters. The minimum atomic E-state index is -5.08. The third kappa shape index (κ3) is 14.0. The molecule has 11 nitrogen and oxygen atoms in total. The van der Waals surface area contributed by atoms with Crippen LogP contribution in [0.1, 0.15) is 93.7 Å². The van der Waals surface area contributed by atoms with Crippen molar-refractivity contribution in [2.45, 2.75) is 102 Å². The molecule has 11 rings (SSSR count). The van der Waals surface area contributed by atoms with Gasteiger partial charge in [-0.1, -0.05) is 96.3 Å². The number of halogens is 7. The Balaban J connectivity index is 0.000000180. The molecule has 1 saturated heterocycles. The van der Waals surface area contributed by atoms with E-state index in [1.54, 1.807) is 77.0 Å². The summed E-state index contributed by atoms with van der Waals surface area (Å²) in [7, 11) is 0. The third-order valence-corrected chi connectivity index (χ3v) is 17.1. The second-order valence-electron chi connectivity index (χ2n) is 20.3. The Morgan fingerprint density at radius 2 is 1.01 bits per heavy atom. The topological polar surface area (TPSA) is 133 Å². The molecule has 0 bridgehead atoms. The molecule has 3 aliphatic heterocycles. The summed E-state index contributed by atoms with van der Waals surface area (Å²) in [5.41, 5.74) is 7.27. The standard InChI is InChI=1S/C33H29ClFN3O3S.C26H24ClFN2OS.C2HF3O2/c1-22-17-24(18-30(34)36-22)31(39)38-21-33(13-15-37(16-14-33)32(40)41-20-23-5-3-2-4-6-23)28-19-27(11-12-29(28)38)42-26-9-7-25(35)8-10-26;1-17-13-18(14-24(27)29-17)25(31)30-16-26(11-3-2-4-12-26)22-15-21(9-10-23(22)30)32-20-7-5-19(28)6-8-20;3-2(4,5)1(6)7/h2-12,17-19H,13-16,20-21H2,1H3;5-10,13-15H,2-4,11-12,16H2,1H3;(H,6,7). The summed E-state index contributed by atoms with van der Waals surface area (Å²) >= 11 is 15.5. The first-order valence-electron chi connectivity index (χ1n) is 26.0. The van der Waals surface area contributed by atoms with Gasteiger partial charge in [0.25, 0.3) is 11.8 Å². The lowest BCUT2D eigenvalue weighted by Crippen LogP contribution is -2.48. The fourth-order valence-corrected chi connectivity index (χ4v) is 13.1. The lowest BCUT2D eigenvalue weighted by atomic mass is 9.71. The van der Waals surface area contributed by atoms with Crippen LogP contribution in [0.25, 0.3) is 0 Å². The number of benzene rings is 5. The molecule has 0 unspecified atom stereocenters.